The molecule has 0 fully saturated rings. The van der Waals surface area contributed by atoms with E-state index in [0.29, 0.717) is 6.07 Å². The first-order valence-corrected chi connectivity index (χ1v) is 5.63. The van der Waals surface area contributed by atoms with Gasteiger partial charge in [0.1, 0.15) is 23.3 Å². The van der Waals surface area contributed by atoms with Gasteiger partial charge in [-0.2, -0.15) is 5.26 Å². The van der Waals surface area contributed by atoms with Crippen LogP contribution in [0.5, 0.6) is 0 Å². The average molecular weight is 289 g/mol. The summed E-state index contributed by atoms with van der Waals surface area (Å²) in [4.78, 5) is 21.7. The van der Waals surface area contributed by atoms with E-state index >= 15 is 0 Å². The van der Waals surface area contributed by atoms with Gasteiger partial charge in [0.15, 0.2) is 0 Å². The number of ether oxygens (including phenoxy) is 1. The largest absolute Gasteiger partial charge is 0.465 e. The van der Waals surface area contributed by atoms with Crippen LogP contribution in [0.15, 0.2) is 30.5 Å². The van der Waals surface area contributed by atoms with E-state index in [-0.39, 0.29) is 11.4 Å². The van der Waals surface area contributed by atoms with Gasteiger partial charge in [-0.15, -0.1) is 0 Å². The summed E-state index contributed by atoms with van der Waals surface area (Å²) >= 11 is 0. The highest BCUT2D eigenvalue weighted by Gasteiger charge is 2.24. The molecule has 0 N–H and O–H groups in total. The number of nitro groups is 1. The van der Waals surface area contributed by atoms with Crippen LogP contribution in [0.1, 0.15) is 16.1 Å². The SMILES string of the molecule is COC(=O)c1cc(-n2cccc2C#N)c([N+](=O)[O-])cc1F. The Hall–Kier alpha value is -3.21. The van der Waals surface area contributed by atoms with Gasteiger partial charge in [-0.25, -0.2) is 9.18 Å². The summed E-state index contributed by atoms with van der Waals surface area (Å²) in [5, 5.41) is 20.0. The lowest BCUT2D eigenvalue weighted by atomic mass is 10.1. The number of nitriles is 1. The second kappa shape index (κ2) is 5.42. The zero-order valence-electron chi connectivity index (χ0n) is 10.7. The Morgan fingerprint density at radius 1 is 1.52 bits per heavy atom. The van der Waals surface area contributed by atoms with E-state index in [1.165, 1.54) is 22.9 Å². The number of benzene rings is 1. The third kappa shape index (κ3) is 2.44. The minimum atomic E-state index is -1.07. The molecule has 2 aromatic rings. The average Bonchev–Trinajstić information content (AvgIpc) is 2.94. The molecule has 0 spiro atoms. The van der Waals surface area contributed by atoms with Gasteiger partial charge < -0.3 is 9.30 Å². The second-order valence-corrected chi connectivity index (χ2v) is 3.94. The number of nitrogens with zero attached hydrogens (tertiary/aromatic N) is 3. The third-order valence-corrected chi connectivity index (χ3v) is 2.79. The molecule has 0 aliphatic rings. The van der Waals surface area contributed by atoms with Crippen molar-refractivity contribution >= 4 is 11.7 Å². The highest BCUT2D eigenvalue weighted by atomic mass is 19.1. The number of carbonyl (C=O) groups is 1. The molecule has 106 valence electrons. The van der Waals surface area contributed by atoms with Crippen molar-refractivity contribution in [3.05, 3.63) is 57.7 Å². The van der Waals surface area contributed by atoms with Crippen molar-refractivity contribution in [2.24, 2.45) is 0 Å². The Kier molecular flexibility index (Phi) is 3.67. The first kappa shape index (κ1) is 14.2. The number of rotatable bonds is 3. The molecule has 0 aliphatic heterocycles. The van der Waals surface area contributed by atoms with Crippen molar-refractivity contribution in [1.82, 2.24) is 4.57 Å². The molecular formula is C13H8FN3O4. The van der Waals surface area contributed by atoms with Crippen molar-refractivity contribution < 1.29 is 18.8 Å². The fourth-order valence-electron chi connectivity index (χ4n) is 1.84. The number of esters is 1. The number of methoxy groups -OCH3 is 1. The van der Waals surface area contributed by atoms with Crippen LogP contribution in [0.2, 0.25) is 0 Å². The van der Waals surface area contributed by atoms with Gasteiger partial charge in [-0.1, -0.05) is 0 Å². The molecule has 0 atom stereocenters. The number of hydrogen-bond donors (Lipinski definition) is 0. The first-order chi connectivity index (χ1) is 9.99. The Labute approximate surface area is 117 Å². The molecule has 0 aliphatic carbocycles. The number of nitro benzene ring substituents is 1. The normalized spacial score (nSPS) is 9.95. The minimum absolute atomic E-state index is 0.0941. The molecule has 0 bridgehead atoms. The van der Waals surface area contributed by atoms with Crippen LogP contribution < -0.4 is 0 Å². The van der Waals surface area contributed by atoms with Gasteiger partial charge in [0.05, 0.1) is 23.7 Å². The Morgan fingerprint density at radius 3 is 2.81 bits per heavy atom. The van der Waals surface area contributed by atoms with Crippen LogP contribution in [0, 0.1) is 27.3 Å². The number of halogens is 1. The van der Waals surface area contributed by atoms with Crippen molar-refractivity contribution in [3.8, 4) is 11.8 Å². The minimum Gasteiger partial charge on any atom is -0.465 e. The maximum atomic E-state index is 13.8. The third-order valence-electron chi connectivity index (χ3n) is 2.79. The van der Waals surface area contributed by atoms with E-state index in [0.717, 1.165) is 13.2 Å². The zero-order chi connectivity index (χ0) is 15.6. The van der Waals surface area contributed by atoms with Crippen molar-refractivity contribution in [1.29, 1.82) is 5.26 Å². The Morgan fingerprint density at radius 2 is 2.24 bits per heavy atom. The maximum Gasteiger partial charge on any atom is 0.340 e. The van der Waals surface area contributed by atoms with Crippen molar-refractivity contribution in [2.45, 2.75) is 0 Å². The number of carbonyl (C=O) groups excluding carboxylic acids is 1. The molecule has 1 heterocycles. The van der Waals surface area contributed by atoms with Crippen LogP contribution in [0.25, 0.3) is 5.69 Å². The summed E-state index contributed by atoms with van der Waals surface area (Å²) in [5.74, 6) is -2.03. The summed E-state index contributed by atoms with van der Waals surface area (Å²) in [5.41, 5.74) is -0.993. The fourth-order valence-corrected chi connectivity index (χ4v) is 1.84. The van der Waals surface area contributed by atoms with E-state index in [2.05, 4.69) is 4.74 Å². The lowest BCUT2D eigenvalue weighted by Crippen LogP contribution is -2.09. The van der Waals surface area contributed by atoms with Gasteiger partial charge in [0.2, 0.25) is 0 Å². The first-order valence-electron chi connectivity index (χ1n) is 5.63. The lowest BCUT2D eigenvalue weighted by Gasteiger charge is -2.09. The quantitative estimate of drug-likeness (QED) is 0.490. The predicted molar refractivity (Wildman–Crippen MR) is 68.4 cm³/mol. The van der Waals surface area contributed by atoms with Gasteiger partial charge in [-0.05, 0) is 18.2 Å². The molecule has 0 radical (unpaired) electrons. The molecule has 21 heavy (non-hydrogen) atoms. The van der Waals surface area contributed by atoms with Crippen LogP contribution in [0.4, 0.5) is 10.1 Å². The summed E-state index contributed by atoms with van der Waals surface area (Å²) in [6.07, 6.45) is 1.40. The monoisotopic (exact) mass is 289 g/mol. The van der Waals surface area contributed by atoms with Gasteiger partial charge >= 0.3 is 5.97 Å². The second-order valence-electron chi connectivity index (χ2n) is 3.94. The molecule has 1 aromatic heterocycles. The Balaban J connectivity index is 2.76. The van der Waals surface area contributed by atoms with Gasteiger partial charge in [-0.3, -0.25) is 10.1 Å². The summed E-state index contributed by atoms with van der Waals surface area (Å²) < 4.78 is 19.4. The van der Waals surface area contributed by atoms with Crippen LogP contribution in [0.3, 0.4) is 0 Å². The van der Waals surface area contributed by atoms with Crippen molar-refractivity contribution in [2.75, 3.05) is 7.11 Å². The standard InChI is InChI=1S/C13H8FN3O4/c1-21-13(18)9-5-11(12(17(19)20)6-10(9)14)16-4-2-3-8(16)7-15/h2-6H,1H3. The van der Waals surface area contributed by atoms with E-state index in [1.54, 1.807) is 0 Å². The fraction of sp³-hybridized carbons (Fsp3) is 0.0769. The van der Waals surface area contributed by atoms with E-state index in [4.69, 9.17) is 5.26 Å². The molecule has 0 saturated carbocycles. The molecular weight excluding hydrogens is 281 g/mol. The van der Waals surface area contributed by atoms with Crippen molar-refractivity contribution in [3.63, 3.8) is 0 Å². The van der Waals surface area contributed by atoms with Crippen LogP contribution in [-0.2, 0) is 4.74 Å². The predicted octanol–water partition coefficient (Wildman–Crippen LogP) is 2.18. The van der Waals surface area contributed by atoms with E-state index in [9.17, 15) is 19.3 Å². The van der Waals surface area contributed by atoms with Gasteiger partial charge in [0, 0.05) is 6.20 Å². The number of hydrogen-bond acceptors (Lipinski definition) is 5. The highest BCUT2D eigenvalue weighted by Crippen LogP contribution is 2.28. The van der Waals surface area contributed by atoms with E-state index in [1.807, 2.05) is 6.07 Å². The molecule has 0 unspecified atom stereocenters. The van der Waals surface area contributed by atoms with Crippen LogP contribution >= 0.6 is 0 Å². The van der Waals surface area contributed by atoms with Gasteiger partial charge in [0.25, 0.3) is 5.69 Å². The summed E-state index contributed by atoms with van der Waals surface area (Å²) in [6, 6.07) is 6.40. The van der Waals surface area contributed by atoms with E-state index < -0.39 is 28.0 Å². The maximum absolute atomic E-state index is 13.8. The lowest BCUT2D eigenvalue weighted by molar-refractivity contribution is -0.384. The molecule has 1 aromatic carbocycles. The number of aromatic nitrogens is 1. The molecule has 8 heteroatoms. The molecule has 0 amide bonds. The smallest absolute Gasteiger partial charge is 0.340 e. The zero-order valence-corrected chi connectivity index (χ0v) is 10.7. The highest BCUT2D eigenvalue weighted by molar-refractivity contribution is 5.91. The van der Waals surface area contributed by atoms with Crippen LogP contribution in [-0.4, -0.2) is 22.6 Å². The molecule has 2 rings (SSSR count). The molecule has 7 nitrogen and oxygen atoms in total. The topological polar surface area (TPSA) is 98.2 Å². The summed E-state index contributed by atoms with van der Waals surface area (Å²) in [6.45, 7) is 0. The Bertz CT molecular complexity index is 776. The summed E-state index contributed by atoms with van der Waals surface area (Å²) in [7, 11) is 1.07. The molecule has 0 saturated heterocycles.